The molecule has 0 aliphatic heterocycles. The zero-order valence-corrected chi connectivity index (χ0v) is 13.0. The van der Waals surface area contributed by atoms with Gasteiger partial charge in [0.25, 0.3) is 0 Å². The van der Waals surface area contributed by atoms with Gasteiger partial charge >= 0.3 is 11.9 Å². The summed E-state index contributed by atoms with van der Waals surface area (Å²) in [6.07, 6.45) is 2.12. The number of carbonyl (C=O) groups is 3. The molecule has 0 heterocycles. The average molecular weight is 308 g/mol. The van der Waals surface area contributed by atoms with E-state index in [4.69, 9.17) is 4.74 Å². The Balaban J connectivity index is 3.01. The smallest absolute Gasteiger partial charge is 0.342 e. The largest absolute Gasteiger partial charge is 0.485 e. The Bertz CT molecular complexity index is 550. The molecular formula is C16H20O6. The molecule has 1 aromatic rings. The van der Waals surface area contributed by atoms with Crippen molar-refractivity contribution in [2.45, 2.75) is 26.2 Å². The van der Waals surface area contributed by atoms with Crippen molar-refractivity contribution in [1.29, 1.82) is 0 Å². The molecule has 0 N–H and O–H groups in total. The minimum absolute atomic E-state index is 0.0351. The van der Waals surface area contributed by atoms with E-state index in [1.54, 1.807) is 6.07 Å². The zero-order chi connectivity index (χ0) is 16.5. The van der Waals surface area contributed by atoms with Gasteiger partial charge < -0.3 is 14.2 Å². The Kier molecular flexibility index (Phi) is 7.08. The lowest BCUT2D eigenvalue weighted by molar-refractivity contribution is -0.121. The van der Waals surface area contributed by atoms with Crippen LogP contribution in [0.2, 0.25) is 0 Å². The van der Waals surface area contributed by atoms with Crippen LogP contribution in [0.25, 0.3) is 0 Å². The van der Waals surface area contributed by atoms with Gasteiger partial charge in [0.15, 0.2) is 5.78 Å². The zero-order valence-electron chi connectivity index (χ0n) is 13.0. The number of ether oxygens (including phenoxy) is 3. The number of benzene rings is 1. The van der Waals surface area contributed by atoms with Gasteiger partial charge in [-0.15, -0.1) is 0 Å². The number of rotatable bonds is 8. The van der Waals surface area contributed by atoms with Crippen molar-refractivity contribution in [1.82, 2.24) is 0 Å². The highest BCUT2D eigenvalue weighted by atomic mass is 16.5. The SMILES string of the molecule is CCCCC(=O)COc1cccc(C(=O)OC)c1C(=O)OC. The van der Waals surface area contributed by atoms with Gasteiger partial charge in [0.2, 0.25) is 0 Å². The van der Waals surface area contributed by atoms with Gasteiger partial charge in [0, 0.05) is 6.42 Å². The summed E-state index contributed by atoms with van der Waals surface area (Å²) in [6.45, 7) is 1.83. The second kappa shape index (κ2) is 8.81. The maximum Gasteiger partial charge on any atom is 0.342 e. The fourth-order valence-electron chi connectivity index (χ4n) is 1.85. The predicted octanol–water partition coefficient (Wildman–Crippen LogP) is 2.40. The first-order valence-electron chi connectivity index (χ1n) is 6.99. The van der Waals surface area contributed by atoms with E-state index in [0.717, 1.165) is 12.8 Å². The van der Waals surface area contributed by atoms with E-state index < -0.39 is 11.9 Å². The molecule has 0 spiro atoms. The summed E-state index contributed by atoms with van der Waals surface area (Å²) in [7, 11) is 2.41. The number of ketones is 1. The Hall–Kier alpha value is -2.37. The molecule has 0 aromatic heterocycles. The number of methoxy groups -OCH3 is 2. The molecule has 0 unspecified atom stereocenters. The number of carbonyl (C=O) groups excluding carboxylic acids is 3. The maximum absolute atomic E-state index is 11.9. The van der Waals surface area contributed by atoms with E-state index in [1.807, 2.05) is 6.92 Å². The highest BCUT2D eigenvalue weighted by Crippen LogP contribution is 2.24. The second-order valence-electron chi connectivity index (χ2n) is 4.59. The molecule has 0 radical (unpaired) electrons. The lowest BCUT2D eigenvalue weighted by Crippen LogP contribution is -2.17. The summed E-state index contributed by atoms with van der Waals surface area (Å²) in [5, 5.41) is 0. The molecule has 0 fully saturated rings. The van der Waals surface area contributed by atoms with Gasteiger partial charge in [-0.3, -0.25) is 4.79 Å². The van der Waals surface area contributed by atoms with Gasteiger partial charge in [-0.25, -0.2) is 9.59 Å². The summed E-state index contributed by atoms with van der Waals surface area (Å²) < 4.78 is 14.7. The fourth-order valence-corrected chi connectivity index (χ4v) is 1.85. The quantitative estimate of drug-likeness (QED) is 0.686. The molecule has 1 rings (SSSR count). The summed E-state index contributed by atoms with van der Waals surface area (Å²) in [5.74, 6) is -1.35. The Morgan fingerprint density at radius 1 is 1.05 bits per heavy atom. The topological polar surface area (TPSA) is 78.9 Å². The molecule has 6 nitrogen and oxygen atoms in total. The molecule has 0 saturated heterocycles. The first-order chi connectivity index (χ1) is 10.5. The van der Waals surface area contributed by atoms with E-state index in [9.17, 15) is 14.4 Å². The highest BCUT2D eigenvalue weighted by molar-refractivity contribution is 6.05. The molecule has 0 aliphatic rings. The molecule has 120 valence electrons. The minimum Gasteiger partial charge on any atom is -0.485 e. The van der Waals surface area contributed by atoms with Crippen molar-refractivity contribution in [2.75, 3.05) is 20.8 Å². The van der Waals surface area contributed by atoms with E-state index in [1.165, 1.54) is 26.4 Å². The van der Waals surface area contributed by atoms with Crippen LogP contribution in [0, 0.1) is 0 Å². The van der Waals surface area contributed by atoms with Crippen molar-refractivity contribution in [3.8, 4) is 5.75 Å². The van der Waals surface area contributed by atoms with Gasteiger partial charge in [0.1, 0.15) is 17.9 Å². The molecule has 0 bridgehead atoms. The van der Waals surface area contributed by atoms with Gasteiger partial charge in [-0.1, -0.05) is 19.4 Å². The molecular weight excluding hydrogens is 288 g/mol. The average Bonchev–Trinajstić information content (AvgIpc) is 2.56. The third-order valence-electron chi connectivity index (χ3n) is 3.02. The molecule has 0 atom stereocenters. The molecule has 0 aliphatic carbocycles. The van der Waals surface area contributed by atoms with E-state index in [0.29, 0.717) is 6.42 Å². The summed E-state index contributed by atoms with van der Waals surface area (Å²) in [4.78, 5) is 35.3. The summed E-state index contributed by atoms with van der Waals surface area (Å²) in [5.41, 5.74) is -0.00648. The number of unbranched alkanes of at least 4 members (excludes halogenated alkanes) is 1. The number of hydrogen-bond donors (Lipinski definition) is 0. The molecule has 6 heteroatoms. The van der Waals surface area contributed by atoms with Crippen molar-refractivity contribution in [3.05, 3.63) is 29.3 Å². The lowest BCUT2D eigenvalue weighted by atomic mass is 10.1. The first-order valence-corrected chi connectivity index (χ1v) is 6.99. The second-order valence-corrected chi connectivity index (χ2v) is 4.59. The van der Waals surface area contributed by atoms with E-state index in [-0.39, 0.29) is 29.3 Å². The van der Waals surface area contributed by atoms with E-state index >= 15 is 0 Å². The predicted molar refractivity (Wildman–Crippen MR) is 79.1 cm³/mol. The fraction of sp³-hybridized carbons (Fsp3) is 0.438. The molecule has 0 saturated carbocycles. The third-order valence-corrected chi connectivity index (χ3v) is 3.02. The number of esters is 2. The normalized spacial score (nSPS) is 9.95. The summed E-state index contributed by atoms with van der Waals surface area (Å²) >= 11 is 0. The van der Waals surface area contributed by atoms with E-state index in [2.05, 4.69) is 9.47 Å². The molecule has 1 aromatic carbocycles. The van der Waals surface area contributed by atoms with Crippen LogP contribution in [-0.2, 0) is 14.3 Å². The van der Waals surface area contributed by atoms with Gasteiger partial charge in [0.05, 0.1) is 19.8 Å². The van der Waals surface area contributed by atoms with Crippen LogP contribution in [0.4, 0.5) is 0 Å². The maximum atomic E-state index is 11.9. The van der Waals surface area contributed by atoms with Crippen LogP contribution in [-0.4, -0.2) is 38.5 Å². The standard InChI is InChI=1S/C16H20O6/c1-4-5-7-11(17)10-22-13-9-6-8-12(15(18)20-2)14(13)16(19)21-3/h6,8-9H,4-5,7,10H2,1-3H3. The third kappa shape index (κ3) is 4.58. The number of Topliss-reactive ketones (excluding diaryl/α,β-unsaturated/α-hetero) is 1. The van der Waals surface area contributed by atoms with Crippen LogP contribution in [0.5, 0.6) is 5.75 Å². The van der Waals surface area contributed by atoms with Crippen LogP contribution in [0.15, 0.2) is 18.2 Å². The van der Waals surface area contributed by atoms with Crippen LogP contribution in [0.3, 0.4) is 0 Å². The Morgan fingerprint density at radius 2 is 1.73 bits per heavy atom. The highest BCUT2D eigenvalue weighted by Gasteiger charge is 2.23. The van der Waals surface area contributed by atoms with Crippen molar-refractivity contribution < 1.29 is 28.6 Å². The lowest BCUT2D eigenvalue weighted by Gasteiger charge is -2.12. The van der Waals surface area contributed by atoms with Crippen molar-refractivity contribution in [2.24, 2.45) is 0 Å². The Labute approximate surface area is 129 Å². The van der Waals surface area contributed by atoms with Crippen molar-refractivity contribution in [3.63, 3.8) is 0 Å². The molecule has 22 heavy (non-hydrogen) atoms. The van der Waals surface area contributed by atoms with Crippen LogP contribution >= 0.6 is 0 Å². The summed E-state index contributed by atoms with van der Waals surface area (Å²) in [6, 6.07) is 4.49. The van der Waals surface area contributed by atoms with Crippen LogP contribution in [0.1, 0.15) is 46.9 Å². The minimum atomic E-state index is -0.725. The van der Waals surface area contributed by atoms with Crippen LogP contribution < -0.4 is 4.74 Å². The van der Waals surface area contributed by atoms with Gasteiger partial charge in [-0.2, -0.15) is 0 Å². The molecule has 0 amide bonds. The van der Waals surface area contributed by atoms with Crippen molar-refractivity contribution >= 4 is 17.7 Å². The van der Waals surface area contributed by atoms with Gasteiger partial charge in [-0.05, 0) is 18.6 Å². The monoisotopic (exact) mass is 308 g/mol. The Morgan fingerprint density at radius 3 is 2.32 bits per heavy atom. The number of hydrogen-bond acceptors (Lipinski definition) is 6. The first kappa shape index (κ1) is 17.7.